The van der Waals surface area contributed by atoms with Crippen LogP contribution in [0.4, 0.5) is 5.69 Å². The average Bonchev–Trinajstić information content (AvgIpc) is 2.79. The number of imidazole rings is 1. The van der Waals surface area contributed by atoms with Crippen LogP contribution in [0.3, 0.4) is 0 Å². The Labute approximate surface area is 146 Å². The van der Waals surface area contributed by atoms with Crippen molar-refractivity contribution in [3.8, 4) is 0 Å². The summed E-state index contributed by atoms with van der Waals surface area (Å²) in [4.78, 5) is 12.3. The molecule has 3 aromatic rings. The summed E-state index contributed by atoms with van der Waals surface area (Å²) in [6, 6.07) is 10.3. The number of aryl methyl sites for hydroxylation is 4. The molecule has 1 N–H and O–H groups in total. The van der Waals surface area contributed by atoms with Crippen molar-refractivity contribution in [2.45, 2.75) is 25.2 Å². The molecular formula is C18H21N3O3S. The summed E-state index contributed by atoms with van der Waals surface area (Å²) in [6.45, 7) is 3.83. The molecule has 0 saturated heterocycles. The molecule has 0 unspecified atom stereocenters. The third-order valence-electron chi connectivity index (χ3n) is 4.50. The number of nitrogens with zero attached hydrogens (tertiary/aromatic N) is 2. The van der Waals surface area contributed by atoms with E-state index in [1.54, 1.807) is 36.9 Å². The Morgan fingerprint density at radius 2 is 1.56 bits per heavy atom. The highest BCUT2D eigenvalue weighted by Crippen LogP contribution is 2.25. The second-order valence-electron chi connectivity index (χ2n) is 6.16. The molecule has 25 heavy (non-hydrogen) atoms. The van der Waals surface area contributed by atoms with Gasteiger partial charge in [-0.25, -0.2) is 13.2 Å². The molecule has 1 heterocycles. The highest BCUT2D eigenvalue weighted by Gasteiger charge is 2.17. The smallest absolute Gasteiger partial charge is 0.295 e. The molecule has 1 aromatic heterocycles. The lowest BCUT2D eigenvalue weighted by atomic mass is 10.2. The summed E-state index contributed by atoms with van der Waals surface area (Å²) in [7, 11) is -0.324. The van der Waals surface area contributed by atoms with Crippen LogP contribution in [-0.2, 0) is 30.5 Å². The molecule has 0 fully saturated rings. The van der Waals surface area contributed by atoms with E-state index < -0.39 is 10.0 Å². The lowest BCUT2D eigenvalue weighted by molar-refractivity contribution is 0.601. The maximum atomic E-state index is 12.7. The van der Waals surface area contributed by atoms with Gasteiger partial charge in [-0.2, -0.15) is 0 Å². The molecule has 0 aliphatic carbocycles. The van der Waals surface area contributed by atoms with Crippen LogP contribution in [0, 0.1) is 6.92 Å². The molecule has 0 aliphatic rings. The van der Waals surface area contributed by atoms with Gasteiger partial charge in [-0.1, -0.05) is 19.1 Å². The van der Waals surface area contributed by atoms with E-state index in [-0.39, 0.29) is 10.6 Å². The zero-order chi connectivity index (χ0) is 18.4. The van der Waals surface area contributed by atoms with E-state index in [1.807, 2.05) is 32.0 Å². The second kappa shape index (κ2) is 6.07. The van der Waals surface area contributed by atoms with E-state index in [0.29, 0.717) is 11.2 Å². The quantitative estimate of drug-likeness (QED) is 0.778. The molecule has 7 heteroatoms. The van der Waals surface area contributed by atoms with Crippen LogP contribution in [0.2, 0.25) is 0 Å². The normalized spacial score (nSPS) is 11.8. The number of aromatic nitrogens is 2. The molecule has 0 amide bonds. The van der Waals surface area contributed by atoms with Crippen molar-refractivity contribution in [3.05, 3.63) is 58.0 Å². The van der Waals surface area contributed by atoms with Crippen LogP contribution in [0.1, 0.15) is 18.1 Å². The first-order valence-corrected chi connectivity index (χ1v) is 9.50. The van der Waals surface area contributed by atoms with E-state index in [1.165, 1.54) is 4.57 Å². The van der Waals surface area contributed by atoms with Gasteiger partial charge in [-0.05, 0) is 48.7 Å². The summed E-state index contributed by atoms with van der Waals surface area (Å²) in [5.41, 5.74) is 3.59. The van der Waals surface area contributed by atoms with Crippen molar-refractivity contribution < 1.29 is 8.42 Å². The number of benzene rings is 2. The van der Waals surface area contributed by atoms with Crippen molar-refractivity contribution in [2.24, 2.45) is 14.1 Å². The maximum Gasteiger partial charge on any atom is 0.328 e. The monoisotopic (exact) mass is 359 g/mol. The van der Waals surface area contributed by atoms with Crippen molar-refractivity contribution in [2.75, 3.05) is 4.72 Å². The Bertz CT molecular complexity index is 1110. The van der Waals surface area contributed by atoms with Gasteiger partial charge in [-0.15, -0.1) is 0 Å². The molecule has 0 atom stereocenters. The van der Waals surface area contributed by atoms with Gasteiger partial charge in [0.2, 0.25) is 0 Å². The van der Waals surface area contributed by atoms with Gasteiger partial charge in [-0.3, -0.25) is 13.9 Å². The maximum absolute atomic E-state index is 12.7. The Morgan fingerprint density at radius 1 is 1.00 bits per heavy atom. The number of rotatable bonds is 4. The zero-order valence-electron chi connectivity index (χ0n) is 14.7. The fourth-order valence-electron chi connectivity index (χ4n) is 2.87. The van der Waals surface area contributed by atoms with Crippen LogP contribution in [0.15, 0.2) is 46.1 Å². The first-order valence-electron chi connectivity index (χ1n) is 8.02. The van der Waals surface area contributed by atoms with Crippen LogP contribution in [0.25, 0.3) is 11.0 Å². The Balaban J connectivity index is 2.05. The highest BCUT2D eigenvalue weighted by atomic mass is 32.2. The predicted octanol–water partition coefficient (Wildman–Crippen LogP) is 2.55. The van der Waals surface area contributed by atoms with E-state index in [4.69, 9.17) is 0 Å². The van der Waals surface area contributed by atoms with Gasteiger partial charge >= 0.3 is 5.69 Å². The fourth-order valence-corrected chi connectivity index (χ4v) is 3.99. The summed E-state index contributed by atoms with van der Waals surface area (Å²) < 4.78 is 31.0. The van der Waals surface area contributed by atoms with Crippen molar-refractivity contribution >= 4 is 26.7 Å². The number of hydrogen-bond donors (Lipinski definition) is 1. The van der Waals surface area contributed by atoms with Gasteiger partial charge in [0.25, 0.3) is 10.0 Å². The summed E-state index contributed by atoms with van der Waals surface area (Å²) in [5.74, 6) is 0. The minimum absolute atomic E-state index is 0.149. The Kier molecular flexibility index (Phi) is 4.20. The third-order valence-corrected chi connectivity index (χ3v) is 5.89. The molecule has 0 spiro atoms. The first-order chi connectivity index (χ1) is 11.7. The lowest BCUT2D eigenvalue weighted by Gasteiger charge is -2.12. The zero-order valence-corrected chi connectivity index (χ0v) is 15.5. The van der Waals surface area contributed by atoms with Gasteiger partial charge in [0, 0.05) is 14.1 Å². The van der Waals surface area contributed by atoms with Gasteiger partial charge in [0.1, 0.15) is 0 Å². The molecule has 0 bridgehead atoms. The van der Waals surface area contributed by atoms with Gasteiger partial charge in [0.05, 0.1) is 21.6 Å². The van der Waals surface area contributed by atoms with Gasteiger partial charge in [0.15, 0.2) is 0 Å². The van der Waals surface area contributed by atoms with E-state index in [2.05, 4.69) is 4.72 Å². The molecular weight excluding hydrogens is 338 g/mol. The summed E-state index contributed by atoms with van der Waals surface area (Å²) >= 11 is 0. The minimum Gasteiger partial charge on any atom is -0.295 e. The molecule has 0 radical (unpaired) electrons. The first kappa shape index (κ1) is 17.3. The Hall–Kier alpha value is -2.54. The van der Waals surface area contributed by atoms with E-state index in [0.717, 1.165) is 23.1 Å². The SMILES string of the molecule is CCc1ccc(S(=O)(=O)Nc2cc3c(cc2C)n(C)c(=O)n3C)cc1. The van der Waals surface area contributed by atoms with Crippen LogP contribution < -0.4 is 10.4 Å². The summed E-state index contributed by atoms with van der Waals surface area (Å²) in [5, 5.41) is 0. The molecule has 132 valence electrons. The van der Waals surface area contributed by atoms with Crippen molar-refractivity contribution in [3.63, 3.8) is 0 Å². The number of fused-ring (bicyclic) bond motifs is 1. The topological polar surface area (TPSA) is 73.1 Å². The number of anilines is 1. The minimum atomic E-state index is -3.69. The molecule has 2 aromatic carbocycles. The standard InChI is InChI=1S/C18H21N3O3S/c1-5-13-6-8-14(9-7-13)25(23,24)19-15-11-17-16(10-12(15)2)20(3)18(22)21(17)4/h6-11,19H,5H2,1-4H3. The van der Waals surface area contributed by atoms with Crippen molar-refractivity contribution in [1.82, 2.24) is 9.13 Å². The number of hydrogen-bond acceptors (Lipinski definition) is 3. The van der Waals surface area contributed by atoms with Crippen LogP contribution >= 0.6 is 0 Å². The highest BCUT2D eigenvalue weighted by molar-refractivity contribution is 7.92. The molecule has 6 nitrogen and oxygen atoms in total. The predicted molar refractivity (Wildman–Crippen MR) is 99.5 cm³/mol. The van der Waals surface area contributed by atoms with E-state index >= 15 is 0 Å². The Morgan fingerprint density at radius 3 is 2.12 bits per heavy atom. The average molecular weight is 359 g/mol. The lowest BCUT2D eigenvalue weighted by Crippen LogP contribution is -2.19. The fraction of sp³-hybridized carbons (Fsp3) is 0.278. The van der Waals surface area contributed by atoms with Crippen LogP contribution in [0.5, 0.6) is 0 Å². The van der Waals surface area contributed by atoms with Crippen molar-refractivity contribution in [1.29, 1.82) is 0 Å². The summed E-state index contributed by atoms with van der Waals surface area (Å²) in [6.07, 6.45) is 0.853. The number of sulfonamides is 1. The number of nitrogens with one attached hydrogen (secondary N) is 1. The van der Waals surface area contributed by atoms with Gasteiger partial charge < -0.3 is 0 Å². The second-order valence-corrected chi connectivity index (χ2v) is 7.84. The molecule has 3 rings (SSSR count). The molecule has 0 aliphatic heterocycles. The van der Waals surface area contributed by atoms with E-state index in [9.17, 15) is 13.2 Å². The molecule has 0 saturated carbocycles. The largest absolute Gasteiger partial charge is 0.328 e. The third kappa shape index (κ3) is 2.95. The van der Waals surface area contributed by atoms with Crippen LogP contribution in [-0.4, -0.2) is 17.6 Å².